The quantitative estimate of drug-likeness (QED) is 0.353. The van der Waals surface area contributed by atoms with E-state index < -0.39 is 0 Å². The molecular weight excluding hydrogens is 555 g/mol. The first kappa shape index (κ1) is 28.0. The van der Waals surface area contributed by atoms with Crippen molar-refractivity contribution in [3.05, 3.63) is 93.2 Å². The first-order valence-electron chi connectivity index (χ1n) is 14.5. The van der Waals surface area contributed by atoms with Gasteiger partial charge in [0.25, 0.3) is 11.8 Å². The molecule has 2 fully saturated rings. The number of amides is 2. The molecule has 1 unspecified atom stereocenters. The molecule has 1 aromatic heterocycles. The van der Waals surface area contributed by atoms with Gasteiger partial charge in [-0.15, -0.1) is 0 Å². The van der Waals surface area contributed by atoms with Crippen LogP contribution in [-0.4, -0.2) is 47.9 Å². The summed E-state index contributed by atoms with van der Waals surface area (Å²) in [6, 6.07) is 15.0. The SMILES string of the molecule is CC1(C)CC(NC(=O)c2cccc(Cl)c2Cl)c2cc(C(=O)N3CCC4(CC3)CCN(c3ccncc3)CC4)ccc21. The highest BCUT2D eigenvalue weighted by atomic mass is 35.5. The summed E-state index contributed by atoms with van der Waals surface area (Å²) in [7, 11) is 0. The maximum Gasteiger partial charge on any atom is 0.253 e. The van der Waals surface area contributed by atoms with Crippen LogP contribution in [0.1, 0.15) is 83.8 Å². The fraction of sp³-hybridized carbons (Fsp3) is 0.424. The highest BCUT2D eigenvalue weighted by molar-refractivity contribution is 6.43. The number of halogens is 2. The van der Waals surface area contributed by atoms with E-state index in [9.17, 15) is 9.59 Å². The number of nitrogens with one attached hydrogen (secondary N) is 1. The lowest BCUT2D eigenvalue weighted by molar-refractivity contribution is 0.0515. The molecule has 3 heterocycles. The molecule has 8 heteroatoms. The summed E-state index contributed by atoms with van der Waals surface area (Å²) in [4.78, 5) is 35.5. The van der Waals surface area contributed by atoms with E-state index in [0.29, 0.717) is 21.6 Å². The number of rotatable bonds is 4. The van der Waals surface area contributed by atoms with Gasteiger partial charge in [-0.25, -0.2) is 0 Å². The number of carbonyl (C=O) groups excluding carboxylic acids is 2. The van der Waals surface area contributed by atoms with E-state index >= 15 is 0 Å². The highest BCUT2D eigenvalue weighted by Crippen LogP contribution is 2.46. The summed E-state index contributed by atoms with van der Waals surface area (Å²) in [5.74, 6) is -0.191. The first-order valence-corrected chi connectivity index (χ1v) is 15.3. The number of aromatic nitrogens is 1. The molecule has 1 spiro atoms. The Hall–Kier alpha value is -3.09. The molecule has 214 valence electrons. The molecule has 41 heavy (non-hydrogen) atoms. The Balaban J connectivity index is 1.13. The van der Waals surface area contributed by atoms with E-state index in [-0.39, 0.29) is 28.3 Å². The minimum absolute atomic E-state index is 0.0736. The van der Waals surface area contributed by atoms with Crippen molar-refractivity contribution in [2.75, 3.05) is 31.1 Å². The van der Waals surface area contributed by atoms with Crippen LogP contribution in [-0.2, 0) is 5.41 Å². The van der Waals surface area contributed by atoms with Gasteiger partial charge in [-0.3, -0.25) is 14.6 Å². The number of carbonyl (C=O) groups is 2. The lowest BCUT2D eigenvalue weighted by Crippen LogP contribution is -2.48. The Morgan fingerprint density at radius 2 is 1.61 bits per heavy atom. The number of nitrogens with zero attached hydrogens (tertiary/aromatic N) is 3. The Kier molecular flexibility index (Phi) is 7.50. The Bertz CT molecular complexity index is 1460. The number of benzene rings is 2. The van der Waals surface area contributed by atoms with E-state index in [4.69, 9.17) is 23.2 Å². The highest BCUT2D eigenvalue weighted by Gasteiger charge is 2.41. The molecule has 2 saturated heterocycles. The molecule has 2 aromatic carbocycles. The predicted octanol–water partition coefficient (Wildman–Crippen LogP) is 7.06. The summed E-state index contributed by atoms with van der Waals surface area (Å²) in [6.07, 6.45) is 8.85. The van der Waals surface area contributed by atoms with E-state index in [1.165, 1.54) is 5.69 Å². The van der Waals surface area contributed by atoms with Gasteiger partial charge in [0.15, 0.2) is 0 Å². The maximum absolute atomic E-state index is 13.7. The second-order valence-electron chi connectivity index (χ2n) is 12.5. The normalized spacial score (nSPS) is 21.0. The summed E-state index contributed by atoms with van der Waals surface area (Å²) >= 11 is 12.5. The third-order valence-electron chi connectivity index (χ3n) is 9.58. The van der Waals surface area contributed by atoms with Gasteiger partial charge in [0.2, 0.25) is 0 Å². The molecule has 1 aliphatic carbocycles. The summed E-state index contributed by atoms with van der Waals surface area (Å²) in [6.45, 7) is 8.01. The molecule has 2 aliphatic heterocycles. The molecule has 2 amide bonds. The third-order valence-corrected chi connectivity index (χ3v) is 10.4. The van der Waals surface area contributed by atoms with Crippen molar-refractivity contribution in [2.24, 2.45) is 5.41 Å². The van der Waals surface area contributed by atoms with Gasteiger partial charge in [0, 0.05) is 49.8 Å². The van der Waals surface area contributed by atoms with E-state index in [1.54, 1.807) is 18.2 Å². The second kappa shape index (κ2) is 11.0. The Morgan fingerprint density at radius 1 is 0.927 bits per heavy atom. The lowest BCUT2D eigenvalue weighted by Gasteiger charge is -2.47. The average molecular weight is 592 g/mol. The molecule has 1 atom stereocenters. The van der Waals surface area contributed by atoms with Crippen LogP contribution in [0.2, 0.25) is 10.0 Å². The van der Waals surface area contributed by atoms with Crippen molar-refractivity contribution >= 4 is 40.7 Å². The number of hydrogen-bond donors (Lipinski definition) is 1. The zero-order valence-corrected chi connectivity index (χ0v) is 25.1. The van der Waals surface area contributed by atoms with Crippen LogP contribution in [0, 0.1) is 5.41 Å². The number of anilines is 1. The molecule has 3 aromatic rings. The minimum atomic E-state index is -0.265. The van der Waals surface area contributed by atoms with Gasteiger partial charge in [0.05, 0.1) is 21.7 Å². The molecular formula is C33H36Cl2N4O2. The van der Waals surface area contributed by atoms with Crippen LogP contribution in [0.5, 0.6) is 0 Å². The largest absolute Gasteiger partial charge is 0.371 e. The second-order valence-corrected chi connectivity index (χ2v) is 13.3. The zero-order valence-electron chi connectivity index (χ0n) is 23.6. The van der Waals surface area contributed by atoms with Crippen LogP contribution in [0.4, 0.5) is 5.69 Å². The molecule has 0 bridgehead atoms. The predicted molar refractivity (Wildman–Crippen MR) is 164 cm³/mol. The lowest BCUT2D eigenvalue weighted by atomic mass is 9.71. The van der Waals surface area contributed by atoms with Gasteiger partial charge in [-0.1, -0.05) is 49.2 Å². The zero-order chi connectivity index (χ0) is 28.8. The van der Waals surface area contributed by atoms with Crippen molar-refractivity contribution in [3.63, 3.8) is 0 Å². The van der Waals surface area contributed by atoms with Crippen LogP contribution in [0.3, 0.4) is 0 Å². The van der Waals surface area contributed by atoms with Gasteiger partial charge in [-0.2, -0.15) is 0 Å². The molecule has 0 radical (unpaired) electrons. The smallest absolute Gasteiger partial charge is 0.253 e. The molecule has 3 aliphatic rings. The molecule has 1 N–H and O–H groups in total. The van der Waals surface area contributed by atoms with Gasteiger partial charge in [0.1, 0.15) is 0 Å². The van der Waals surface area contributed by atoms with E-state index in [1.807, 2.05) is 29.4 Å². The minimum Gasteiger partial charge on any atom is -0.371 e. The van der Waals surface area contributed by atoms with Crippen LogP contribution < -0.4 is 10.2 Å². The number of likely N-dealkylation sites (tertiary alicyclic amines) is 1. The van der Waals surface area contributed by atoms with Crippen LogP contribution in [0.15, 0.2) is 60.9 Å². The van der Waals surface area contributed by atoms with Crippen molar-refractivity contribution in [1.82, 2.24) is 15.2 Å². The Labute approximate surface area is 252 Å². The van der Waals surface area contributed by atoms with Crippen molar-refractivity contribution in [3.8, 4) is 0 Å². The van der Waals surface area contributed by atoms with Gasteiger partial charge >= 0.3 is 0 Å². The third kappa shape index (κ3) is 5.44. The number of fused-ring (bicyclic) bond motifs is 1. The monoisotopic (exact) mass is 590 g/mol. The number of piperidine rings is 2. The average Bonchev–Trinajstić information content (AvgIpc) is 3.24. The van der Waals surface area contributed by atoms with Gasteiger partial charge in [-0.05, 0) is 90.5 Å². The maximum atomic E-state index is 13.7. The summed E-state index contributed by atoms with van der Waals surface area (Å²) < 4.78 is 0. The van der Waals surface area contributed by atoms with E-state index in [0.717, 1.165) is 69.4 Å². The fourth-order valence-corrected chi connectivity index (χ4v) is 7.42. The summed E-state index contributed by atoms with van der Waals surface area (Å²) in [5.41, 5.74) is 4.64. The molecule has 6 nitrogen and oxygen atoms in total. The van der Waals surface area contributed by atoms with Crippen LogP contribution in [0.25, 0.3) is 0 Å². The number of hydrogen-bond acceptors (Lipinski definition) is 4. The van der Waals surface area contributed by atoms with Crippen molar-refractivity contribution < 1.29 is 9.59 Å². The first-order chi connectivity index (χ1) is 19.7. The Morgan fingerprint density at radius 3 is 2.32 bits per heavy atom. The molecule has 0 saturated carbocycles. The van der Waals surface area contributed by atoms with E-state index in [2.05, 4.69) is 47.2 Å². The standard InChI is InChI=1S/C33H36Cl2N4O2/c1-32(2)21-28(37-30(40)24-4-3-5-27(34)29(24)35)25-20-22(6-7-26(25)32)31(41)39-18-12-33(13-19-39)10-16-38(17-11-33)23-8-14-36-15-9-23/h3-9,14-15,20,28H,10-13,16-19,21H2,1-2H3,(H,37,40). The summed E-state index contributed by atoms with van der Waals surface area (Å²) in [5, 5.41) is 3.76. The molecule has 6 rings (SSSR count). The van der Waals surface area contributed by atoms with Crippen molar-refractivity contribution in [2.45, 2.75) is 57.4 Å². The van der Waals surface area contributed by atoms with Crippen molar-refractivity contribution in [1.29, 1.82) is 0 Å². The topological polar surface area (TPSA) is 65.5 Å². The van der Waals surface area contributed by atoms with Crippen LogP contribution >= 0.6 is 23.2 Å². The van der Waals surface area contributed by atoms with Gasteiger partial charge < -0.3 is 15.1 Å². The fourth-order valence-electron chi connectivity index (χ4n) is 7.04. The number of pyridine rings is 1.